The highest BCUT2D eigenvalue weighted by Gasteiger charge is 2.31. The predicted octanol–water partition coefficient (Wildman–Crippen LogP) is 1.42. The summed E-state index contributed by atoms with van der Waals surface area (Å²) >= 11 is 0. The molecule has 0 radical (unpaired) electrons. The highest BCUT2D eigenvalue weighted by molar-refractivity contribution is 5.85. The van der Waals surface area contributed by atoms with Gasteiger partial charge in [-0.05, 0) is 25.3 Å². The Labute approximate surface area is 93.0 Å². The van der Waals surface area contributed by atoms with Gasteiger partial charge in [-0.25, -0.2) is 4.79 Å². The lowest BCUT2D eigenvalue weighted by molar-refractivity contribution is 0.0683. The van der Waals surface area contributed by atoms with Crippen LogP contribution in [0.1, 0.15) is 47.4 Å². The van der Waals surface area contributed by atoms with Gasteiger partial charge in [-0.3, -0.25) is 4.68 Å². The Kier molecular flexibility index (Phi) is 2.21. The van der Waals surface area contributed by atoms with Crippen LogP contribution < -0.4 is 0 Å². The summed E-state index contributed by atoms with van der Waals surface area (Å²) in [7, 11) is 0. The van der Waals surface area contributed by atoms with Gasteiger partial charge in [0.2, 0.25) is 0 Å². The molecule has 2 aliphatic rings. The smallest absolute Gasteiger partial charge is 0.354 e. The summed E-state index contributed by atoms with van der Waals surface area (Å²) in [6.45, 7) is 1.42. The van der Waals surface area contributed by atoms with Gasteiger partial charge < -0.3 is 9.84 Å². The lowest BCUT2D eigenvalue weighted by atomic mass is 10.1. The topological polar surface area (TPSA) is 64.3 Å². The molecule has 2 heterocycles. The van der Waals surface area contributed by atoms with Crippen molar-refractivity contribution < 1.29 is 14.6 Å². The van der Waals surface area contributed by atoms with Crippen molar-refractivity contribution in [1.29, 1.82) is 0 Å². The van der Waals surface area contributed by atoms with Crippen LogP contribution in [-0.4, -0.2) is 34.1 Å². The second-order valence-corrected chi connectivity index (χ2v) is 4.50. The van der Waals surface area contributed by atoms with Gasteiger partial charge in [0.1, 0.15) is 5.69 Å². The van der Waals surface area contributed by atoms with Crippen molar-refractivity contribution in [3.8, 4) is 0 Å². The van der Waals surface area contributed by atoms with E-state index < -0.39 is 5.97 Å². The Morgan fingerprint density at radius 1 is 1.50 bits per heavy atom. The van der Waals surface area contributed by atoms with Crippen LogP contribution in [-0.2, 0) is 4.74 Å². The lowest BCUT2D eigenvalue weighted by Gasteiger charge is -2.02. The predicted molar refractivity (Wildman–Crippen MR) is 55.6 cm³/mol. The third kappa shape index (κ3) is 1.61. The van der Waals surface area contributed by atoms with Gasteiger partial charge in [0.25, 0.3) is 0 Å². The van der Waals surface area contributed by atoms with E-state index in [4.69, 9.17) is 9.84 Å². The monoisotopic (exact) mass is 222 g/mol. The van der Waals surface area contributed by atoms with Crippen molar-refractivity contribution in [1.82, 2.24) is 9.78 Å². The molecule has 16 heavy (non-hydrogen) atoms. The van der Waals surface area contributed by atoms with Crippen molar-refractivity contribution in [3.05, 3.63) is 17.5 Å². The summed E-state index contributed by atoms with van der Waals surface area (Å²) in [5.41, 5.74) is 1.20. The summed E-state index contributed by atoms with van der Waals surface area (Å²) in [4.78, 5) is 11.1. The molecule has 1 aromatic rings. The molecule has 1 aliphatic carbocycles. The minimum atomic E-state index is -0.885. The summed E-state index contributed by atoms with van der Waals surface area (Å²) in [6.07, 6.45) is 3.03. The van der Waals surface area contributed by atoms with Gasteiger partial charge in [-0.1, -0.05) is 0 Å². The lowest BCUT2D eigenvalue weighted by Crippen LogP contribution is -2.08. The number of carbonyl (C=O) groups is 1. The van der Waals surface area contributed by atoms with Crippen LogP contribution in [0.5, 0.6) is 0 Å². The zero-order valence-electron chi connectivity index (χ0n) is 8.93. The zero-order chi connectivity index (χ0) is 11.1. The third-order valence-electron chi connectivity index (χ3n) is 3.21. The van der Waals surface area contributed by atoms with Crippen LogP contribution in [0.15, 0.2) is 6.07 Å². The van der Waals surface area contributed by atoms with E-state index in [0.29, 0.717) is 18.3 Å². The third-order valence-corrected chi connectivity index (χ3v) is 3.21. The summed E-state index contributed by atoms with van der Waals surface area (Å²) in [5, 5.41) is 13.5. The van der Waals surface area contributed by atoms with Crippen molar-refractivity contribution in [3.63, 3.8) is 0 Å². The van der Waals surface area contributed by atoms with E-state index in [1.807, 2.05) is 0 Å². The maximum absolute atomic E-state index is 11.1. The fourth-order valence-electron chi connectivity index (χ4n) is 2.14. The van der Waals surface area contributed by atoms with Crippen LogP contribution >= 0.6 is 0 Å². The molecule has 3 rings (SSSR count). The number of hydrogen-bond donors (Lipinski definition) is 1. The average Bonchev–Trinajstić information content (AvgIpc) is 2.83. The van der Waals surface area contributed by atoms with E-state index in [1.54, 1.807) is 10.7 Å². The zero-order valence-corrected chi connectivity index (χ0v) is 8.93. The Bertz CT molecular complexity index is 417. The van der Waals surface area contributed by atoms with E-state index >= 15 is 0 Å². The molecule has 0 amide bonds. The minimum Gasteiger partial charge on any atom is -0.477 e. The van der Waals surface area contributed by atoms with Crippen molar-refractivity contribution in [2.24, 2.45) is 0 Å². The van der Waals surface area contributed by atoms with Crippen molar-refractivity contribution >= 4 is 5.97 Å². The summed E-state index contributed by atoms with van der Waals surface area (Å²) < 4.78 is 6.98. The number of aromatic nitrogens is 2. The van der Waals surface area contributed by atoms with E-state index in [2.05, 4.69) is 5.10 Å². The first-order valence-electron chi connectivity index (χ1n) is 5.66. The minimum absolute atomic E-state index is 0.276. The van der Waals surface area contributed by atoms with Crippen LogP contribution in [0.4, 0.5) is 0 Å². The average molecular weight is 222 g/mol. The molecule has 86 valence electrons. The SMILES string of the molecule is O=C(O)c1cc(C2CCOC2)nn1C1CC1. The quantitative estimate of drug-likeness (QED) is 0.840. The van der Waals surface area contributed by atoms with Gasteiger partial charge >= 0.3 is 5.97 Å². The van der Waals surface area contributed by atoms with Crippen molar-refractivity contribution in [2.75, 3.05) is 13.2 Å². The maximum Gasteiger partial charge on any atom is 0.354 e. The molecule has 1 aliphatic heterocycles. The molecular formula is C11H14N2O3. The molecule has 0 aromatic carbocycles. The fraction of sp³-hybridized carbons (Fsp3) is 0.636. The van der Waals surface area contributed by atoms with E-state index in [9.17, 15) is 4.79 Å². The normalized spacial score (nSPS) is 24.9. The number of ether oxygens (including phenoxy) is 1. The molecule has 1 saturated heterocycles. The molecule has 5 nitrogen and oxygen atoms in total. The number of nitrogens with zero attached hydrogens (tertiary/aromatic N) is 2. The highest BCUT2D eigenvalue weighted by Crippen LogP contribution is 2.36. The Balaban J connectivity index is 1.94. The molecule has 1 N–H and O–H groups in total. The Morgan fingerprint density at radius 3 is 2.88 bits per heavy atom. The number of carboxylic acids is 1. The van der Waals surface area contributed by atoms with Crippen LogP contribution in [0.25, 0.3) is 0 Å². The first kappa shape index (κ1) is 9.84. The van der Waals surface area contributed by atoms with Gasteiger partial charge in [-0.15, -0.1) is 0 Å². The van der Waals surface area contributed by atoms with Crippen LogP contribution in [0, 0.1) is 0 Å². The summed E-state index contributed by atoms with van der Waals surface area (Å²) in [5.74, 6) is -0.609. The van der Waals surface area contributed by atoms with Gasteiger partial charge in [0.15, 0.2) is 0 Å². The number of carboxylic acid groups (broad SMARTS) is 1. The second-order valence-electron chi connectivity index (χ2n) is 4.50. The summed E-state index contributed by atoms with van der Waals surface area (Å²) in [6, 6.07) is 2.02. The van der Waals surface area contributed by atoms with Gasteiger partial charge in [0.05, 0.1) is 18.3 Å². The van der Waals surface area contributed by atoms with Crippen LogP contribution in [0.2, 0.25) is 0 Å². The van der Waals surface area contributed by atoms with E-state index in [-0.39, 0.29) is 5.92 Å². The molecule has 1 unspecified atom stereocenters. The highest BCUT2D eigenvalue weighted by atomic mass is 16.5. The fourth-order valence-corrected chi connectivity index (χ4v) is 2.14. The molecule has 0 bridgehead atoms. The largest absolute Gasteiger partial charge is 0.477 e. The van der Waals surface area contributed by atoms with Crippen molar-refractivity contribution in [2.45, 2.75) is 31.2 Å². The standard InChI is InChI=1S/C11H14N2O3/c14-11(15)10-5-9(7-3-4-16-6-7)12-13(10)8-1-2-8/h5,7-8H,1-4,6H2,(H,14,15). The Morgan fingerprint density at radius 2 is 2.31 bits per heavy atom. The molecule has 1 saturated carbocycles. The molecule has 1 atom stereocenters. The number of hydrogen-bond acceptors (Lipinski definition) is 3. The first-order valence-corrected chi connectivity index (χ1v) is 5.66. The maximum atomic E-state index is 11.1. The van der Waals surface area contributed by atoms with Crippen LogP contribution in [0.3, 0.4) is 0 Å². The molecule has 0 spiro atoms. The van der Waals surface area contributed by atoms with E-state index in [1.165, 1.54) is 0 Å². The van der Waals surface area contributed by atoms with Gasteiger partial charge in [-0.2, -0.15) is 5.10 Å². The number of aromatic carboxylic acids is 1. The van der Waals surface area contributed by atoms with E-state index in [0.717, 1.165) is 31.6 Å². The van der Waals surface area contributed by atoms with Gasteiger partial charge in [0, 0.05) is 12.5 Å². The Hall–Kier alpha value is -1.36. The molecule has 1 aromatic heterocycles. The molecule has 5 heteroatoms. The molecular weight excluding hydrogens is 208 g/mol. The number of rotatable bonds is 3. The molecule has 2 fully saturated rings. The first-order chi connectivity index (χ1) is 7.75. The second kappa shape index (κ2) is 3.59.